The SMILES string of the molecule is CCc1c(F)ccc2cc(O)cc(-c3ncc4c(N5C[C@H]6CC[C@@H]5CN6)nc(C)nc4c3F)c12. The molecule has 0 amide bonds. The summed E-state index contributed by atoms with van der Waals surface area (Å²) in [6.45, 7) is 5.31. The number of fused-ring (bicyclic) bond motifs is 5. The molecule has 7 rings (SSSR count). The number of piperazine rings is 1. The number of hydrogen-bond donors (Lipinski definition) is 2. The number of halogens is 2. The minimum Gasteiger partial charge on any atom is -0.508 e. The zero-order valence-electron chi connectivity index (χ0n) is 19.1. The number of piperidine rings is 2. The number of aryl methyl sites for hydroxylation is 2. The van der Waals surface area contributed by atoms with Crippen LogP contribution < -0.4 is 10.2 Å². The van der Waals surface area contributed by atoms with Gasteiger partial charge in [0.05, 0.1) is 5.39 Å². The fourth-order valence-electron chi connectivity index (χ4n) is 5.56. The molecule has 2 bridgehead atoms. The number of nitrogens with one attached hydrogen (secondary N) is 1. The summed E-state index contributed by atoms with van der Waals surface area (Å²) < 4.78 is 30.8. The highest BCUT2D eigenvalue weighted by Crippen LogP contribution is 2.39. The number of phenols is 1. The van der Waals surface area contributed by atoms with Crippen LogP contribution in [-0.4, -0.2) is 45.2 Å². The Hall–Kier alpha value is -3.39. The van der Waals surface area contributed by atoms with Gasteiger partial charge in [-0.05, 0) is 60.7 Å². The van der Waals surface area contributed by atoms with Crippen molar-refractivity contribution >= 4 is 27.5 Å². The summed E-state index contributed by atoms with van der Waals surface area (Å²) in [5, 5.41) is 15.6. The molecule has 2 aromatic heterocycles. The van der Waals surface area contributed by atoms with E-state index >= 15 is 4.39 Å². The fraction of sp³-hybridized carbons (Fsp3) is 0.346. The molecular weight excluding hydrogens is 436 g/mol. The van der Waals surface area contributed by atoms with E-state index in [1.54, 1.807) is 25.3 Å². The molecule has 3 aliphatic heterocycles. The van der Waals surface area contributed by atoms with Crippen molar-refractivity contribution in [2.45, 2.75) is 45.2 Å². The minimum atomic E-state index is -0.595. The number of anilines is 1. The molecule has 0 unspecified atom stereocenters. The van der Waals surface area contributed by atoms with Crippen molar-refractivity contribution in [2.24, 2.45) is 0 Å². The van der Waals surface area contributed by atoms with Gasteiger partial charge in [-0.1, -0.05) is 13.0 Å². The average Bonchev–Trinajstić information content (AvgIpc) is 2.84. The summed E-state index contributed by atoms with van der Waals surface area (Å²) in [4.78, 5) is 15.9. The molecule has 6 nitrogen and oxygen atoms in total. The van der Waals surface area contributed by atoms with Crippen LogP contribution in [0.2, 0.25) is 0 Å². The van der Waals surface area contributed by atoms with Crippen LogP contribution in [0.25, 0.3) is 32.9 Å². The summed E-state index contributed by atoms with van der Waals surface area (Å²) in [7, 11) is 0. The lowest BCUT2D eigenvalue weighted by Gasteiger charge is -2.46. The zero-order chi connectivity index (χ0) is 23.6. The van der Waals surface area contributed by atoms with Gasteiger partial charge in [0.2, 0.25) is 0 Å². The van der Waals surface area contributed by atoms with Gasteiger partial charge in [0, 0.05) is 36.9 Å². The van der Waals surface area contributed by atoms with Crippen LogP contribution in [0.4, 0.5) is 14.6 Å². The van der Waals surface area contributed by atoms with Gasteiger partial charge in [0.1, 0.15) is 34.4 Å². The van der Waals surface area contributed by atoms with E-state index in [9.17, 15) is 9.50 Å². The summed E-state index contributed by atoms with van der Waals surface area (Å²) in [5.41, 5.74) is 1.04. The van der Waals surface area contributed by atoms with Crippen LogP contribution >= 0.6 is 0 Å². The lowest BCUT2D eigenvalue weighted by atomic mass is 9.92. The number of benzene rings is 2. The van der Waals surface area contributed by atoms with Gasteiger partial charge in [-0.15, -0.1) is 0 Å². The Bertz CT molecular complexity index is 1450. The maximum Gasteiger partial charge on any atom is 0.175 e. The van der Waals surface area contributed by atoms with Crippen molar-refractivity contribution in [3.8, 4) is 17.0 Å². The molecule has 34 heavy (non-hydrogen) atoms. The van der Waals surface area contributed by atoms with Gasteiger partial charge in [-0.2, -0.15) is 0 Å². The van der Waals surface area contributed by atoms with E-state index in [1.807, 2.05) is 6.92 Å². The first-order chi connectivity index (χ1) is 16.4. The molecule has 3 saturated heterocycles. The molecule has 8 heteroatoms. The standard InChI is InChI=1S/C26H25F2N5O/c1-3-18-21(27)7-4-14-8-17(34)9-19(22(14)18)24-23(28)25-20(11-30-24)26(32-13(2)31-25)33-12-15-5-6-16(33)10-29-15/h4,7-9,11,15-16,29,34H,3,5-6,10,12H2,1-2H3/t15-,16-/m1/s1. The predicted molar refractivity (Wildman–Crippen MR) is 128 cm³/mol. The number of nitrogens with zero attached hydrogens (tertiary/aromatic N) is 4. The predicted octanol–water partition coefficient (Wildman–Crippen LogP) is 4.64. The molecule has 5 heterocycles. The first kappa shape index (κ1) is 21.2. The molecule has 0 radical (unpaired) electrons. The average molecular weight is 462 g/mol. The van der Waals surface area contributed by atoms with Crippen LogP contribution in [0, 0.1) is 18.6 Å². The van der Waals surface area contributed by atoms with Crippen LogP contribution in [0.15, 0.2) is 30.5 Å². The van der Waals surface area contributed by atoms with Crippen LogP contribution in [0.3, 0.4) is 0 Å². The topological polar surface area (TPSA) is 74.2 Å². The van der Waals surface area contributed by atoms with E-state index < -0.39 is 5.82 Å². The Labute approximate surface area is 195 Å². The van der Waals surface area contributed by atoms with Gasteiger partial charge in [-0.25, -0.2) is 18.7 Å². The Morgan fingerprint density at radius 3 is 2.74 bits per heavy atom. The van der Waals surface area contributed by atoms with Gasteiger partial charge in [0.15, 0.2) is 5.82 Å². The molecule has 174 valence electrons. The number of aromatic hydroxyl groups is 1. The molecule has 3 fully saturated rings. The normalized spacial score (nSPS) is 19.9. The van der Waals surface area contributed by atoms with E-state index in [1.165, 1.54) is 12.1 Å². The number of aromatic nitrogens is 3. The summed E-state index contributed by atoms with van der Waals surface area (Å²) in [6.07, 6.45) is 4.23. The van der Waals surface area contributed by atoms with Crippen molar-refractivity contribution in [2.75, 3.05) is 18.0 Å². The molecule has 2 N–H and O–H groups in total. The Morgan fingerprint density at radius 1 is 1.18 bits per heavy atom. The summed E-state index contributed by atoms with van der Waals surface area (Å²) in [6, 6.07) is 6.67. The van der Waals surface area contributed by atoms with Crippen molar-refractivity contribution in [3.63, 3.8) is 0 Å². The van der Waals surface area contributed by atoms with Crippen molar-refractivity contribution in [1.82, 2.24) is 20.3 Å². The highest BCUT2D eigenvalue weighted by atomic mass is 19.1. The van der Waals surface area contributed by atoms with E-state index in [-0.39, 0.29) is 22.8 Å². The van der Waals surface area contributed by atoms with E-state index in [0.717, 1.165) is 25.9 Å². The molecule has 4 aromatic rings. The van der Waals surface area contributed by atoms with E-state index in [0.29, 0.717) is 57.4 Å². The van der Waals surface area contributed by atoms with Crippen molar-refractivity contribution in [3.05, 3.63) is 53.5 Å². The van der Waals surface area contributed by atoms with Crippen LogP contribution in [0.1, 0.15) is 31.2 Å². The molecular formula is C26H25F2N5O. The Kier molecular flexibility index (Phi) is 4.88. The highest BCUT2D eigenvalue weighted by Gasteiger charge is 2.35. The van der Waals surface area contributed by atoms with Gasteiger partial charge < -0.3 is 15.3 Å². The number of phenolic OH excluding ortho intramolecular Hbond substituents is 1. The van der Waals surface area contributed by atoms with Crippen LogP contribution in [-0.2, 0) is 6.42 Å². The summed E-state index contributed by atoms with van der Waals surface area (Å²) in [5.74, 6) is 0.195. The van der Waals surface area contributed by atoms with Gasteiger partial charge >= 0.3 is 0 Å². The quantitative estimate of drug-likeness (QED) is 0.463. The Morgan fingerprint density at radius 2 is 2.03 bits per heavy atom. The number of pyridine rings is 1. The first-order valence-corrected chi connectivity index (χ1v) is 11.7. The minimum absolute atomic E-state index is 0.0335. The van der Waals surface area contributed by atoms with E-state index in [4.69, 9.17) is 0 Å². The third-order valence-electron chi connectivity index (χ3n) is 7.16. The second-order valence-corrected chi connectivity index (χ2v) is 9.24. The number of hydrogen-bond acceptors (Lipinski definition) is 6. The van der Waals surface area contributed by atoms with Crippen molar-refractivity contribution in [1.29, 1.82) is 0 Å². The Balaban J connectivity index is 1.59. The molecule has 2 atom stereocenters. The smallest absolute Gasteiger partial charge is 0.175 e. The third-order valence-corrected chi connectivity index (χ3v) is 7.16. The highest BCUT2D eigenvalue weighted by molar-refractivity contribution is 6.01. The third kappa shape index (κ3) is 3.20. The van der Waals surface area contributed by atoms with Crippen molar-refractivity contribution < 1.29 is 13.9 Å². The molecule has 3 aliphatic rings. The molecule has 0 spiro atoms. The van der Waals surface area contributed by atoms with Gasteiger partial charge in [0.25, 0.3) is 0 Å². The molecule has 0 saturated carbocycles. The maximum atomic E-state index is 16.1. The first-order valence-electron chi connectivity index (χ1n) is 11.7. The molecule has 2 aromatic carbocycles. The lowest BCUT2D eigenvalue weighted by Crippen LogP contribution is -2.61. The van der Waals surface area contributed by atoms with Crippen LogP contribution in [0.5, 0.6) is 5.75 Å². The summed E-state index contributed by atoms with van der Waals surface area (Å²) >= 11 is 0. The molecule has 0 aliphatic carbocycles. The fourth-order valence-corrected chi connectivity index (χ4v) is 5.56. The largest absolute Gasteiger partial charge is 0.508 e. The zero-order valence-corrected chi connectivity index (χ0v) is 19.1. The van der Waals surface area contributed by atoms with E-state index in [2.05, 4.69) is 25.2 Å². The maximum absolute atomic E-state index is 16.1. The second kappa shape index (κ2) is 7.84. The lowest BCUT2D eigenvalue weighted by molar-refractivity contribution is 0.289. The number of rotatable bonds is 3. The monoisotopic (exact) mass is 461 g/mol. The van der Waals surface area contributed by atoms with Gasteiger partial charge in [-0.3, -0.25) is 4.98 Å². The second-order valence-electron chi connectivity index (χ2n) is 9.24.